The smallest absolute Gasteiger partial charge is 0.211 e. The van der Waals surface area contributed by atoms with Crippen molar-refractivity contribution in [1.29, 1.82) is 0 Å². The van der Waals surface area contributed by atoms with Gasteiger partial charge in [-0.1, -0.05) is 19.3 Å². The van der Waals surface area contributed by atoms with Crippen molar-refractivity contribution in [3.8, 4) is 0 Å². The van der Waals surface area contributed by atoms with Crippen molar-refractivity contribution in [3.63, 3.8) is 0 Å². The number of nitrogens with zero attached hydrogens (tertiary/aromatic N) is 1. The van der Waals surface area contributed by atoms with Crippen LogP contribution in [0.15, 0.2) is 4.99 Å². The Morgan fingerprint density at radius 2 is 1.83 bits per heavy atom. The molecule has 0 aromatic carbocycles. The number of aliphatic imine (C=N–C) groups is 1. The highest BCUT2D eigenvalue weighted by Gasteiger charge is 2.31. The van der Waals surface area contributed by atoms with E-state index in [4.69, 9.17) is 0 Å². The molecule has 1 rings (SSSR count). The Labute approximate surface area is 146 Å². The molecule has 8 heteroatoms. The van der Waals surface area contributed by atoms with E-state index < -0.39 is 10.0 Å². The third kappa shape index (κ3) is 7.81. The Morgan fingerprint density at radius 1 is 1.12 bits per heavy atom. The topological polar surface area (TPSA) is 103 Å². The molecule has 7 nitrogen and oxygen atoms in total. The van der Waals surface area contributed by atoms with Gasteiger partial charge >= 0.3 is 0 Å². The van der Waals surface area contributed by atoms with Crippen molar-refractivity contribution in [1.82, 2.24) is 15.4 Å². The van der Waals surface area contributed by atoms with Gasteiger partial charge in [0, 0.05) is 32.8 Å². The van der Waals surface area contributed by atoms with Crippen LogP contribution in [0.25, 0.3) is 0 Å². The number of aliphatic hydroxyl groups excluding tert-OH is 1. The van der Waals surface area contributed by atoms with Crippen LogP contribution in [0.2, 0.25) is 0 Å². The minimum atomic E-state index is -3.15. The standard InChI is InChI=1S/C16H34N4O3S/c1-3-17-15(18-11-12-20-24(22,23)4-2)19-14-16(10-13-21)8-6-5-7-9-16/h20-21H,3-14H2,1-2H3,(H2,17,18,19). The minimum Gasteiger partial charge on any atom is -0.396 e. The normalized spacial score (nSPS) is 18.4. The van der Waals surface area contributed by atoms with Gasteiger partial charge in [-0.2, -0.15) is 0 Å². The number of aliphatic hydroxyl groups is 1. The lowest BCUT2D eigenvalue weighted by Gasteiger charge is -2.35. The molecule has 0 spiro atoms. The SMILES string of the molecule is CCNC(=NCC1(CCO)CCCCC1)NCCNS(=O)(=O)CC. The van der Waals surface area contributed by atoms with Crippen LogP contribution in [0.3, 0.4) is 0 Å². The Kier molecular flexibility index (Phi) is 9.61. The largest absolute Gasteiger partial charge is 0.396 e. The van der Waals surface area contributed by atoms with Crippen LogP contribution in [0, 0.1) is 5.41 Å². The maximum Gasteiger partial charge on any atom is 0.211 e. The Hall–Kier alpha value is -0.860. The van der Waals surface area contributed by atoms with Gasteiger partial charge in [0.05, 0.1) is 5.75 Å². The predicted octanol–water partition coefficient (Wildman–Crippen LogP) is 0.814. The maximum absolute atomic E-state index is 11.4. The summed E-state index contributed by atoms with van der Waals surface area (Å²) in [5, 5.41) is 15.7. The van der Waals surface area contributed by atoms with E-state index in [2.05, 4.69) is 20.3 Å². The van der Waals surface area contributed by atoms with E-state index in [0.29, 0.717) is 25.6 Å². The van der Waals surface area contributed by atoms with Crippen LogP contribution in [0.1, 0.15) is 52.4 Å². The minimum absolute atomic E-state index is 0.0881. The van der Waals surface area contributed by atoms with Crippen molar-refractivity contribution in [2.75, 3.05) is 38.5 Å². The van der Waals surface area contributed by atoms with Crippen LogP contribution in [-0.2, 0) is 10.0 Å². The molecule has 1 aliphatic rings. The van der Waals surface area contributed by atoms with E-state index in [1.54, 1.807) is 6.92 Å². The first-order chi connectivity index (χ1) is 11.5. The van der Waals surface area contributed by atoms with E-state index in [-0.39, 0.29) is 17.8 Å². The summed E-state index contributed by atoms with van der Waals surface area (Å²) >= 11 is 0. The van der Waals surface area contributed by atoms with Crippen LogP contribution >= 0.6 is 0 Å². The fourth-order valence-corrected chi connectivity index (χ4v) is 3.72. The maximum atomic E-state index is 11.4. The third-order valence-corrected chi connectivity index (χ3v) is 6.00. The molecule has 0 saturated heterocycles. The first kappa shape index (κ1) is 21.2. The molecule has 0 aromatic rings. The van der Waals surface area contributed by atoms with Gasteiger partial charge in [-0.3, -0.25) is 4.99 Å². The van der Waals surface area contributed by atoms with Gasteiger partial charge in [0.25, 0.3) is 0 Å². The van der Waals surface area contributed by atoms with Crippen molar-refractivity contribution in [3.05, 3.63) is 0 Å². The highest BCUT2D eigenvalue weighted by Crippen LogP contribution is 2.39. The fourth-order valence-electron chi connectivity index (χ4n) is 3.10. The van der Waals surface area contributed by atoms with Crippen molar-refractivity contribution < 1.29 is 13.5 Å². The lowest BCUT2D eigenvalue weighted by molar-refractivity contribution is 0.137. The number of sulfonamides is 1. The van der Waals surface area contributed by atoms with E-state index in [1.165, 1.54) is 19.3 Å². The van der Waals surface area contributed by atoms with Crippen LogP contribution < -0.4 is 15.4 Å². The molecule has 0 atom stereocenters. The predicted molar refractivity (Wildman–Crippen MR) is 98.7 cm³/mol. The lowest BCUT2D eigenvalue weighted by Crippen LogP contribution is -2.42. The van der Waals surface area contributed by atoms with E-state index >= 15 is 0 Å². The first-order valence-corrected chi connectivity index (χ1v) is 10.7. The molecule has 0 amide bonds. The molecule has 0 aliphatic heterocycles. The molecular formula is C16H34N4O3S. The van der Waals surface area contributed by atoms with Crippen molar-refractivity contribution in [2.45, 2.75) is 52.4 Å². The molecule has 1 saturated carbocycles. The summed E-state index contributed by atoms with van der Waals surface area (Å²) in [6, 6.07) is 0. The summed E-state index contributed by atoms with van der Waals surface area (Å²) in [6.45, 7) is 6.09. The Bertz CT molecular complexity index is 468. The zero-order valence-electron chi connectivity index (χ0n) is 15.1. The van der Waals surface area contributed by atoms with Crippen LogP contribution in [0.5, 0.6) is 0 Å². The highest BCUT2D eigenvalue weighted by atomic mass is 32.2. The van der Waals surface area contributed by atoms with E-state index in [0.717, 1.165) is 25.8 Å². The zero-order chi connectivity index (χ0) is 17.9. The highest BCUT2D eigenvalue weighted by molar-refractivity contribution is 7.89. The lowest BCUT2D eigenvalue weighted by atomic mass is 9.72. The summed E-state index contributed by atoms with van der Waals surface area (Å²) in [6.07, 6.45) is 6.72. The third-order valence-electron chi connectivity index (χ3n) is 4.59. The fraction of sp³-hybridized carbons (Fsp3) is 0.938. The van der Waals surface area contributed by atoms with Gasteiger partial charge in [0.2, 0.25) is 10.0 Å². The quantitative estimate of drug-likeness (QED) is 0.262. The number of rotatable bonds is 10. The van der Waals surface area contributed by atoms with Gasteiger partial charge in [0.1, 0.15) is 0 Å². The second-order valence-corrected chi connectivity index (χ2v) is 8.55. The van der Waals surface area contributed by atoms with Crippen LogP contribution in [-0.4, -0.2) is 58.0 Å². The average molecular weight is 363 g/mol. The average Bonchev–Trinajstić information content (AvgIpc) is 2.57. The number of hydrogen-bond acceptors (Lipinski definition) is 4. The second-order valence-electron chi connectivity index (χ2n) is 6.45. The molecule has 0 bridgehead atoms. The Balaban J connectivity index is 2.54. The van der Waals surface area contributed by atoms with Gasteiger partial charge in [-0.25, -0.2) is 13.1 Å². The van der Waals surface area contributed by atoms with Gasteiger partial charge in [0.15, 0.2) is 5.96 Å². The molecule has 0 heterocycles. The van der Waals surface area contributed by atoms with Gasteiger partial charge in [-0.15, -0.1) is 0 Å². The monoisotopic (exact) mass is 362 g/mol. The first-order valence-electron chi connectivity index (χ1n) is 9.07. The molecular weight excluding hydrogens is 328 g/mol. The van der Waals surface area contributed by atoms with Crippen molar-refractivity contribution in [2.24, 2.45) is 10.4 Å². The molecule has 1 fully saturated rings. The zero-order valence-corrected chi connectivity index (χ0v) is 15.9. The van der Waals surface area contributed by atoms with Gasteiger partial charge in [-0.05, 0) is 38.5 Å². The van der Waals surface area contributed by atoms with E-state index in [1.807, 2.05) is 6.92 Å². The van der Waals surface area contributed by atoms with Crippen LogP contribution in [0.4, 0.5) is 0 Å². The summed E-state index contributed by atoms with van der Waals surface area (Å²) in [5.74, 6) is 0.793. The second kappa shape index (κ2) is 10.9. The number of hydrogen-bond donors (Lipinski definition) is 4. The summed E-state index contributed by atoms with van der Waals surface area (Å²) in [7, 11) is -3.15. The molecule has 0 unspecified atom stereocenters. The summed E-state index contributed by atoms with van der Waals surface area (Å²) in [4.78, 5) is 4.69. The van der Waals surface area contributed by atoms with Crippen molar-refractivity contribution >= 4 is 16.0 Å². The molecule has 24 heavy (non-hydrogen) atoms. The molecule has 0 radical (unpaired) electrons. The Morgan fingerprint density at radius 3 is 2.42 bits per heavy atom. The number of nitrogens with one attached hydrogen (secondary N) is 3. The summed E-state index contributed by atoms with van der Waals surface area (Å²) in [5.41, 5.74) is 0.110. The molecule has 1 aliphatic carbocycles. The molecule has 142 valence electrons. The summed E-state index contributed by atoms with van der Waals surface area (Å²) < 4.78 is 25.3. The van der Waals surface area contributed by atoms with E-state index in [9.17, 15) is 13.5 Å². The van der Waals surface area contributed by atoms with Gasteiger partial charge < -0.3 is 15.7 Å². The molecule has 4 N–H and O–H groups in total. The molecule has 0 aromatic heterocycles. The number of guanidine groups is 1.